The average Bonchev–Trinajstić information content (AvgIpc) is 3.14. The first-order valence-corrected chi connectivity index (χ1v) is 10.6. The monoisotopic (exact) mass is 482 g/mol. The van der Waals surface area contributed by atoms with Crippen molar-refractivity contribution in [3.05, 3.63) is 99.9 Å². The lowest BCUT2D eigenvalue weighted by Crippen LogP contribution is -2.18. The maximum atomic E-state index is 13.1. The van der Waals surface area contributed by atoms with Crippen LogP contribution < -0.4 is 10.7 Å². The lowest BCUT2D eigenvalue weighted by atomic mass is 10.2. The van der Waals surface area contributed by atoms with Crippen LogP contribution in [0.1, 0.15) is 15.9 Å². The van der Waals surface area contributed by atoms with Gasteiger partial charge in [0.2, 0.25) is 5.91 Å². The second-order valence-corrected chi connectivity index (χ2v) is 7.93. The van der Waals surface area contributed by atoms with Gasteiger partial charge in [0.05, 0.1) is 16.3 Å². The van der Waals surface area contributed by atoms with E-state index in [0.29, 0.717) is 16.3 Å². The second-order valence-electron chi connectivity index (χ2n) is 7.11. The molecule has 33 heavy (non-hydrogen) atoms. The van der Waals surface area contributed by atoms with Gasteiger partial charge in [-0.05, 0) is 48.5 Å². The zero-order chi connectivity index (χ0) is 23.4. The number of carbonyl (C=O) groups excluding carboxylic acids is 2. The fourth-order valence-electron chi connectivity index (χ4n) is 3.26. The molecule has 4 rings (SSSR count). The molecule has 0 unspecified atom stereocenters. The lowest BCUT2D eigenvalue weighted by Gasteiger charge is -2.07. The Labute approximate surface area is 198 Å². The smallest absolute Gasteiger partial charge is 0.271 e. The van der Waals surface area contributed by atoms with E-state index < -0.39 is 5.91 Å². The van der Waals surface area contributed by atoms with Gasteiger partial charge in [-0.3, -0.25) is 9.59 Å². The van der Waals surface area contributed by atoms with E-state index >= 15 is 0 Å². The summed E-state index contributed by atoms with van der Waals surface area (Å²) in [5.74, 6) is -1.08. The summed E-state index contributed by atoms with van der Waals surface area (Å²) in [4.78, 5) is 24.8. The number of hydrogen-bond donors (Lipinski definition) is 2. The molecule has 6 nitrogen and oxygen atoms in total. The summed E-state index contributed by atoms with van der Waals surface area (Å²) in [7, 11) is 0. The average molecular weight is 483 g/mol. The maximum Gasteiger partial charge on any atom is 0.271 e. The molecule has 0 radical (unpaired) electrons. The van der Waals surface area contributed by atoms with Crippen molar-refractivity contribution in [2.45, 2.75) is 6.54 Å². The Bertz CT molecular complexity index is 1370. The zero-order valence-corrected chi connectivity index (χ0v) is 18.6. The number of fused-ring (bicyclic) bond motifs is 1. The van der Waals surface area contributed by atoms with Crippen LogP contribution in [-0.2, 0) is 11.3 Å². The molecule has 0 fully saturated rings. The predicted octanol–water partition coefficient (Wildman–Crippen LogP) is 5.49. The third-order valence-electron chi connectivity index (χ3n) is 4.81. The van der Waals surface area contributed by atoms with Crippen LogP contribution in [0.4, 0.5) is 10.1 Å². The van der Waals surface area contributed by atoms with Gasteiger partial charge < -0.3 is 9.88 Å². The zero-order valence-electron chi connectivity index (χ0n) is 17.1. The molecule has 9 heteroatoms. The lowest BCUT2D eigenvalue weighted by molar-refractivity contribution is -0.116. The number of nitrogens with one attached hydrogen (secondary N) is 2. The van der Waals surface area contributed by atoms with E-state index in [2.05, 4.69) is 15.8 Å². The van der Waals surface area contributed by atoms with Crippen LogP contribution in [0.2, 0.25) is 10.0 Å². The molecular formula is C24H17Cl2FN4O2. The molecule has 1 heterocycles. The van der Waals surface area contributed by atoms with Crippen molar-refractivity contribution in [3.8, 4) is 0 Å². The number of aromatic nitrogens is 1. The van der Waals surface area contributed by atoms with Gasteiger partial charge in [-0.1, -0.05) is 41.4 Å². The van der Waals surface area contributed by atoms with Gasteiger partial charge in [-0.15, -0.1) is 0 Å². The molecule has 166 valence electrons. The van der Waals surface area contributed by atoms with E-state index in [9.17, 15) is 14.0 Å². The van der Waals surface area contributed by atoms with Crippen LogP contribution in [-0.4, -0.2) is 22.6 Å². The number of hydrazone groups is 1. The van der Waals surface area contributed by atoms with Gasteiger partial charge in [0.25, 0.3) is 5.91 Å². The van der Waals surface area contributed by atoms with Crippen LogP contribution in [0.5, 0.6) is 0 Å². The van der Waals surface area contributed by atoms with E-state index in [1.807, 2.05) is 24.3 Å². The number of anilines is 1. The van der Waals surface area contributed by atoms with Crippen molar-refractivity contribution in [1.82, 2.24) is 9.99 Å². The Kier molecular flexibility index (Phi) is 6.72. The summed E-state index contributed by atoms with van der Waals surface area (Å²) >= 11 is 11.8. The Morgan fingerprint density at radius 1 is 1.00 bits per heavy atom. The molecule has 0 saturated heterocycles. The normalized spacial score (nSPS) is 11.1. The molecule has 2 N–H and O–H groups in total. The molecule has 2 amide bonds. The van der Waals surface area contributed by atoms with Crippen LogP contribution in [0, 0.1) is 5.82 Å². The van der Waals surface area contributed by atoms with Gasteiger partial charge in [0, 0.05) is 33.9 Å². The van der Waals surface area contributed by atoms with Crippen molar-refractivity contribution >= 4 is 57.8 Å². The third-order valence-corrected chi connectivity index (χ3v) is 5.55. The Morgan fingerprint density at radius 3 is 2.52 bits per heavy atom. The molecule has 0 aliphatic rings. The van der Waals surface area contributed by atoms with Crippen LogP contribution in [0.15, 0.2) is 78.0 Å². The minimum absolute atomic E-state index is 0.0430. The number of hydrogen-bond acceptors (Lipinski definition) is 3. The number of halogens is 3. The summed E-state index contributed by atoms with van der Waals surface area (Å²) in [6, 6.07) is 17.6. The number of para-hydroxylation sites is 1. The van der Waals surface area contributed by atoms with Crippen molar-refractivity contribution in [2.24, 2.45) is 5.10 Å². The van der Waals surface area contributed by atoms with Gasteiger partial charge in [0.1, 0.15) is 12.4 Å². The highest BCUT2D eigenvalue weighted by molar-refractivity contribution is 6.42. The van der Waals surface area contributed by atoms with E-state index in [1.54, 1.807) is 16.8 Å². The van der Waals surface area contributed by atoms with E-state index in [0.717, 1.165) is 16.5 Å². The molecule has 3 aromatic carbocycles. The van der Waals surface area contributed by atoms with Gasteiger partial charge in [0.15, 0.2) is 0 Å². The molecule has 0 aliphatic heterocycles. The van der Waals surface area contributed by atoms with E-state index in [1.165, 1.54) is 42.6 Å². The van der Waals surface area contributed by atoms with E-state index in [-0.39, 0.29) is 23.3 Å². The van der Waals surface area contributed by atoms with Crippen molar-refractivity contribution < 1.29 is 14.0 Å². The molecule has 0 bridgehead atoms. The highest BCUT2D eigenvalue weighted by Gasteiger charge is 2.11. The summed E-state index contributed by atoms with van der Waals surface area (Å²) in [5.41, 5.74) is 4.82. The molecule has 0 spiro atoms. The van der Waals surface area contributed by atoms with Crippen molar-refractivity contribution in [2.75, 3.05) is 5.32 Å². The molecule has 4 aromatic rings. The van der Waals surface area contributed by atoms with Gasteiger partial charge in [-0.25, -0.2) is 9.82 Å². The number of carbonyl (C=O) groups is 2. The van der Waals surface area contributed by atoms with Gasteiger partial charge in [-0.2, -0.15) is 5.10 Å². The highest BCUT2D eigenvalue weighted by atomic mass is 35.5. The molecular weight excluding hydrogens is 466 g/mol. The summed E-state index contributed by atoms with van der Waals surface area (Å²) < 4.78 is 14.8. The molecule has 0 aliphatic carbocycles. The fourth-order valence-corrected chi connectivity index (χ4v) is 3.56. The second kappa shape index (κ2) is 9.85. The SMILES string of the molecule is O=C(Cn1cc(C=NNC(=O)c2ccc(Cl)c(Cl)c2)c2ccccc21)Nc1ccc(F)cc1. The minimum Gasteiger partial charge on any atom is -0.337 e. The van der Waals surface area contributed by atoms with E-state index in [4.69, 9.17) is 23.2 Å². The number of nitrogens with zero attached hydrogens (tertiary/aromatic N) is 2. The first-order valence-electron chi connectivity index (χ1n) is 9.82. The summed E-state index contributed by atoms with van der Waals surface area (Å²) in [6.45, 7) is 0.0430. The summed E-state index contributed by atoms with van der Waals surface area (Å²) in [5, 5.41) is 8.27. The largest absolute Gasteiger partial charge is 0.337 e. The molecule has 1 aromatic heterocycles. The Balaban J connectivity index is 1.49. The van der Waals surface area contributed by atoms with Crippen molar-refractivity contribution in [1.29, 1.82) is 0 Å². The Morgan fingerprint density at radius 2 is 1.76 bits per heavy atom. The van der Waals surface area contributed by atoms with Crippen LogP contribution in [0.25, 0.3) is 10.9 Å². The van der Waals surface area contributed by atoms with Crippen molar-refractivity contribution in [3.63, 3.8) is 0 Å². The highest BCUT2D eigenvalue weighted by Crippen LogP contribution is 2.23. The molecule has 0 saturated carbocycles. The molecule has 0 atom stereocenters. The minimum atomic E-state index is -0.438. The number of rotatable bonds is 6. The standard InChI is InChI=1S/C24H17Cl2FN4O2/c25-20-10-5-15(11-21(20)26)24(33)30-28-12-16-13-31(22-4-2-1-3-19(16)22)14-23(32)29-18-8-6-17(27)7-9-18/h1-13H,14H2,(H,29,32)(H,30,33). The summed E-state index contributed by atoms with van der Waals surface area (Å²) in [6.07, 6.45) is 3.27. The van der Waals surface area contributed by atoms with Crippen LogP contribution >= 0.6 is 23.2 Å². The third kappa shape index (κ3) is 5.39. The first kappa shape index (κ1) is 22.5. The van der Waals surface area contributed by atoms with Gasteiger partial charge >= 0.3 is 0 Å². The Hall–Kier alpha value is -3.68. The fraction of sp³-hybridized carbons (Fsp3) is 0.0417. The van der Waals surface area contributed by atoms with Crippen LogP contribution in [0.3, 0.4) is 0 Å². The first-order chi connectivity index (χ1) is 15.9. The number of benzene rings is 3. The topological polar surface area (TPSA) is 75.5 Å². The quantitative estimate of drug-likeness (QED) is 0.281. The number of amides is 2. The predicted molar refractivity (Wildman–Crippen MR) is 128 cm³/mol. The maximum absolute atomic E-state index is 13.1.